The fourth-order valence-corrected chi connectivity index (χ4v) is 3.20. The minimum atomic E-state index is -0.208. The van der Waals surface area contributed by atoms with Gasteiger partial charge in [0.15, 0.2) is 0 Å². The van der Waals surface area contributed by atoms with Crippen LogP contribution in [0.2, 0.25) is 0 Å². The lowest BCUT2D eigenvalue weighted by Crippen LogP contribution is -2.41. The molecule has 0 spiro atoms. The van der Waals surface area contributed by atoms with E-state index in [1.165, 1.54) is 6.07 Å². The zero-order valence-electron chi connectivity index (χ0n) is 11.5. The number of hydrogen-bond donors (Lipinski definition) is 1. The number of hydrogen-bond acceptors (Lipinski definition) is 2. The second-order valence-corrected chi connectivity index (χ2v) is 6.19. The van der Waals surface area contributed by atoms with Gasteiger partial charge in [0.1, 0.15) is 5.82 Å². The van der Waals surface area contributed by atoms with Crippen LogP contribution >= 0.6 is 15.9 Å². The van der Waals surface area contributed by atoms with Crippen LogP contribution in [0.4, 0.5) is 4.39 Å². The van der Waals surface area contributed by atoms with Crippen LogP contribution in [0.3, 0.4) is 0 Å². The molecule has 2 atom stereocenters. The molecule has 2 nitrogen and oxygen atoms in total. The van der Waals surface area contributed by atoms with E-state index in [4.69, 9.17) is 4.74 Å². The van der Waals surface area contributed by atoms with E-state index in [-0.39, 0.29) is 17.3 Å². The Hall–Kier alpha value is -0.450. The molecule has 1 aliphatic rings. The number of nitrogens with one attached hydrogen (secondary N) is 1. The Morgan fingerprint density at radius 2 is 2.32 bits per heavy atom. The molecule has 2 rings (SSSR count). The lowest BCUT2D eigenvalue weighted by atomic mass is 9.76. The predicted octanol–water partition coefficient (Wildman–Crippen LogP) is 3.54. The zero-order chi connectivity index (χ0) is 13.9. The highest BCUT2D eigenvalue weighted by atomic mass is 79.9. The first-order chi connectivity index (χ1) is 9.07. The lowest BCUT2D eigenvalue weighted by molar-refractivity contribution is 0.0633. The van der Waals surface area contributed by atoms with Crippen molar-refractivity contribution in [3.8, 4) is 0 Å². The summed E-state index contributed by atoms with van der Waals surface area (Å²) in [7, 11) is 0. The van der Waals surface area contributed by atoms with E-state index in [9.17, 15) is 4.39 Å². The largest absolute Gasteiger partial charge is 0.378 e. The maximum atomic E-state index is 13.3. The van der Waals surface area contributed by atoms with Crippen LogP contribution in [0.1, 0.15) is 25.8 Å². The van der Waals surface area contributed by atoms with Gasteiger partial charge in [0.25, 0.3) is 0 Å². The van der Waals surface area contributed by atoms with E-state index in [0.717, 1.165) is 38.1 Å². The number of rotatable bonds is 5. The maximum absolute atomic E-state index is 13.3. The van der Waals surface area contributed by atoms with E-state index in [1.807, 2.05) is 12.1 Å². The Kier molecular flexibility index (Phi) is 4.98. The summed E-state index contributed by atoms with van der Waals surface area (Å²) in [6.07, 6.45) is 2.20. The van der Waals surface area contributed by atoms with Crippen molar-refractivity contribution in [3.63, 3.8) is 0 Å². The van der Waals surface area contributed by atoms with Crippen molar-refractivity contribution in [2.75, 3.05) is 19.7 Å². The summed E-state index contributed by atoms with van der Waals surface area (Å²) in [5.74, 6) is -0.208. The molecule has 0 aliphatic carbocycles. The quantitative estimate of drug-likeness (QED) is 0.892. The van der Waals surface area contributed by atoms with E-state index in [1.54, 1.807) is 0 Å². The molecule has 0 bridgehead atoms. The Morgan fingerprint density at radius 1 is 1.53 bits per heavy atom. The molecule has 0 radical (unpaired) electrons. The highest BCUT2D eigenvalue weighted by molar-refractivity contribution is 9.10. The number of ether oxygens (including phenoxy) is 1. The summed E-state index contributed by atoms with van der Waals surface area (Å²) in [5, 5.41) is 3.44. The summed E-state index contributed by atoms with van der Waals surface area (Å²) in [5.41, 5.74) is 1.27. The Labute approximate surface area is 122 Å². The van der Waals surface area contributed by atoms with Crippen LogP contribution in [0, 0.1) is 11.2 Å². The summed E-state index contributed by atoms with van der Waals surface area (Å²) in [6, 6.07) is 5.29. The van der Waals surface area contributed by atoms with Crippen molar-refractivity contribution in [2.24, 2.45) is 5.41 Å². The van der Waals surface area contributed by atoms with Gasteiger partial charge < -0.3 is 10.1 Å². The molecule has 0 aromatic heterocycles. The molecular formula is C15H21BrFNO. The Morgan fingerprint density at radius 3 is 2.89 bits per heavy atom. The maximum Gasteiger partial charge on any atom is 0.137 e. The smallest absolute Gasteiger partial charge is 0.137 e. The molecule has 1 aromatic carbocycles. The third kappa shape index (κ3) is 3.36. The molecule has 1 saturated heterocycles. The van der Waals surface area contributed by atoms with Crippen LogP contribution in [-0.2, 0) is 11.2 Å². The molecule has 1 aromatic rings. The fraction of sp³-hybridized carbons (Fsp3) is 0.600. The Bertz CT molecular complexity index is 440. The van der Waals surface area contributed by atoms with Gasteiger partial charge in [-0.1, -0.05) is 13.0 Å². The monoisotopic (exact) mass is 329 g/mol. The lowest BCUT2D eigenvalue weighted by Gasteiger charge is -2.32. The van der Waals surface area contributed by atoms with Gasteiger partial charge in [0.2, 0.25) is 0 Å². The molecule has 1 fully saturated rings. The third-order valence-electron chi connectivity index (χ3n) is 4.10. The summed E-state index contributed by atoms with van der Waals surface area (Å²) < 4.78 is 19.6. The molecule has 0 amide bonds. The molecule has 0 saturated carbocycles. The van der Waals surface area contributed by atoms with Gasteiger partial charge >= 0.3 is 0 Å². The SMILES string of the molecule is CCNCC1(Cc2ccc(F)c(Br)c2)CCOC1C. The molecular weight excluding hydrogens is 309 g/mol. The normalized spacial score (nSPS) is 26.8. The number of halogens is 2. The van der Waals surface area contributed by atoms with Gasteiger partial charge in [-0.25, -0.2) is 4.39 Å². The van der Waals surface area contributed by atoms with Gasteiger partial charge in [-0.2, -0.15) is 0 Å². The fourth-order valence-electron chi connectivity index (χ4n) is 2.78. The highest BCUT2D eigenvalue weighted by Gasteiger charge is 2.41. The van der Waals surface area contributed by atoms with Crippen molar-refractivity contribution in [1.82, 2.24) is 5.32 Å². The van der Waals surface area contributed by atoms with Crippen molar-refractivity contribution < 1.29 is 9.13 Å². The molecule has 4 heteroatoms. The highest BCUT2D eigenvalue weighted by Crippen LogP contribution is 2.38. The second kappa shape index (κ2) is 6.33. The molecule has 1 N–H and O–H groups in total. The Balaban J connectivity index is 2.17. The van der Waals surface area contributed by atoms with Crippen molar-refractivity contribution >= 4 is 15.9 Å². The first kappa shape index (κ1) is 14.9. The third-order valence-corrected chi connectivity index (χ3v) is 4.71. The standard InChI is InChI=1S/C15H21BrFNO/c1-3-18-10-15(6-7-19-11(15)2)9-12-4-5-14(17)13(16)8-12/h4-5,8,11,18H,3,6-7,9-10H2,1-2H3. The predicted molar refractivity (Wildman–Crippen MR) is 78.8 cm³/mol. The van der Waals surface area contributed by atoms with Gasteiger partial charge in [-0.05, 0) is 59.9 Å². The van der Waals surface area contributed by atoms with Gasteiger partial charge in [0, 0.05) is 18.6 Å². The summed E-state index contributed by atoms with van der Waals surface area (Å²) >= 11 is 3.26. The average Bonchev–Trinajstić information content (AvgIpc) is 2.73. The summed E-state index contributed by atoms with van der Waals surface area (Å²) in [4.78, 5) is 0. The first-order valence-electron chi connectivity index (χ1n) is 6.83. The van der Waals surface area contributed by atoms with Gasteiger partial charge in [-0.15, -0.1) is 0 Å². The average molecular weight is 330 g/mol. The van der Waals surface area contributed by atoms with Crippen molar-refractivity contribution in [3.05, 3.63) is 34.1 Å². The van der Waals surface area contributed by atoms with Gasteiger partial charge in [-0.3, -0.25) is 0 Å². The van der Waals surface area contributed by atoms with Crippen LogP contribution in [0.5, 0.6) is 0 Å². The second-order valence-electron chi connectivity index (χ2n) is 5.33. The van der Waals surface area contributed by atoms with Crippen LogP contribution in [0.15, 0.2) is 22.7 Å². The summed E-state index contributed by atoms with van der Waals surface area (Å²) in [6.45, 7) is 6.97. The van der Waals surface area contributed by atoms with Crippen LogP contribution < -0.4 is 5.32 Å². The molecule has 2 unspecified atom stereocenters. The van der Waals surface area contributed by atoms with Crippen molar-refractivity contribution in [1.29, 1.82) is 0 Å². The van der Waals surface area contributed by atoms with Crippen LogP contribution in [0.25, 0.3) is 0 Å². The van der Waals surface area contributed by atoms with E-state index >= 15 is 0 Å². The minimum Gasteiger partial charge on any atom is -0.378 e. The molecule has 106 valence electrons. The number of benzene rings is 1. The van der Waals surface area contributed by atoms with E-state index in [0.29, 0.717) is 4.47 Å². The topological polar surface area (TPSA) is 21.3 Å². The van der Waals surface area contributed by atoms with Gasteiger partial charge in [0.05, 0.1) is 10.6 Å². The van der Waals surface area contributed by atoms with Crippen LogP contribution in [-0.4, -0.2) is 25.8 Å². The first-order valence-corrected chi connectivity index (χ1v) is 7.63. The van der Waals surface area contributed by atoms with E-state index < -0.39 is 0 Å². The van der Waals surface area contributed by atoms with E-state index in [2.05, 4.69) is 35.1 Å². The molecule has 19 heavy (non-hydrogen) atoms. The van der Waals surface area contributed by atoms with Crippen molar-refractivity contribution in [2.45, 2.75) is 32.8 Å². The minimum absolute atomic E-state index is 0.118. The molecule has 1 heterocycles. The molecule has 1 aliphatic heterocycles. The zero-order valence-corrected chi connectivity index (χ0v) is 13.1.